The van der Waals surface area contributed by atoms with Gasteiger partial charge in [0.25, 0.3) is 0 Å². The van der Waals surface area contributed by atoms with Crippen LogP contribution in [0.5, 0.6) is 0 Å². The lowest BCUT2D eigenvalue weighted by molar-refractivity contribution is -0.192. The van der Waals surface area contributed by atoms with Gasteiger partial charge in [0.2, 0.25) is 0 Å². The highest BCUT2D eigenvalue weighted by molar-refractivity contribution is 5.73. The summed E-state index contributed by atoms with van der Waals surface area (Å²) in [5.41, 5.74) is 0. The SMILES string of the molecule is CCN(CC)CC.O.O=C(O)C(F)(F)F. The van der Waals surface area contributed by atoms with Crippen molar-refractivity contribution < 1.29 is 28.5 Å². The van der Waals surface area contributed by atoms with E-state index in [1.807, 2.05) is 0 Å². The van der Waals surface area contributed by atoms with E-state index < -0.39 is 12.1 Å². The Hall–Kier alpha value is -0.820. The van der Waals surface area contributed by atoms with E-state index in [2.05, 4.69) is 25.7 Å². The lowest BCUT2D eigenvalue weighted by Crippen LogP contribution is -2.21. The summed E-state index contributed by atoms with van der Waals surface area (Å²) in [7, 11) is 0. The number of nitrogens with zero attached hydrogens (tertiary/aromatic N) is 1. The Morgan fingerprint density at radius 1 is 1.13 bits per heavy atom. The van der Waals surface area contributed by atoms with Gasteiger partial charge in [-0.3, -0.25) is 0 Å². The molecule has 0 saturated heterocycles. The van der Waals surface area contributed by atoms with Gasteiger partial charge >= 0.3 is 12.1 Å². The van der Waals surface area contributed by atoms with Gasteiger partial charge in [-0.2, -0.15) is 13.2 Å². The van der Waals surface area contributed by atoms with Gasteiger partial charge in [0.1, 0.15) is 0 Å². The minimum atomic E-state index is -5.08. The van der Waals surface area contributed by atoms with Gasteiger partial charge < -0.3 is 15.5 Å². The van der Waals surface area contributed by atoms with Crippen LogP contribution in [-0.2, 0) is 4.79 Å². The Balaban J connectivity index is -0.000000180. The molecule has 0 atom stereocenters. The Kier molecular flexibility index (Phi) is 12.8. The molecular weight excluding hydrogens is 215 g/mol. The molecule has 0 aromatic rings. The first-order valence-electron chi connectivity index (χ1n) is 4.31. The van der Waals surface area contributed by atoms with E-state index in [0.29, 0.717) is 0 Å². The van der Waals surface area contributed by atoms with Crippen LogP contribution in [0.2, 0.25) is 0 Å². The molecule has 0 amide bonds. The largest absolute Gasteiger partial charge is 0.490 e. The standard InChI is InChI=1S/C6H15N.C2HF3O2.H2O/c1-4-7(5-2)6-3;3-2(4,5)1(6)7;/h4-6H2,1-3H3;(H,6,7);1H2. The summed E-state index contributed by atoms with van der Waals surface area (Å²) in [6.07, 6.45) is -5.08. The topological polar surface area (TPSA) is 72.0 Å². The molecule has 0 rings (SSSR count). The minimum absolute atomic E-state index is 0. The zero-order valence-electron chi connectivity index (χ0n) is 9.06. The van der Waals surface area contributed by atoms with Gasteiger partial charge in [0, 0.05) is 0 Å². The molecule has 0 aliphatic rings. The van der Waals surface area contributed by atoms with E-state index in [4.69, 9.17) is 9.90 Å². The molecule has 0 fully saturated rings. The number of carboxylic acids is 1. The maximum atomic E-state index is 10.6. The highest BCUT2D eigenvalue weighted by atomic mass is 19.4. The molecule has 0 unspecified atom stereocenters. The zero-order chi connectivity index (χ0) is 11.8. The molecule has 0 aliphatic heterocycles. The fourth-order valence-electron chi connectivity index (χ4n) is 0.671. The summed E-state index contributed by atoms with van der Waals surface area (Å²) in [6.45, 7) is 10.1. The highest BCUT2D eigenvalue weighted by Crippen LogP contribution is 2.13. The molecule has 0 aliphatic carbocycles. The van der Waals surface area contributed by atoms with Crippen molar-refractivity contribution in [2.75, 3.05) is 19.6 Å². The number of carboxylic acid groups (broad SMARTS) is 1. The van der Waals surface area contributed by atoms with Gasteiger partial charge in [0.15, 0.2) is 0 Å². The molecule has 0 heterocycles. The molecule has 94 valence electrons. The Bertz CT molecular complexity index is 152. The number of alkyl halides is 3. The van der Waals surface area contributed by atoms with Gasteiger partial charge in [-0.25, -0.2) is 4.79 Å². The van der Waals surface area contributed by atoms with Gasteiger partial charge in [-0.05, 0) is 19.6 Å². The molecule has 15 heavy (non-hydrogen) atoms. The zero-order valence-corrected chi connectivity index (χ0v) is 9.06. The van der Waals surface area contributed by atoms with E-state index in [9.17, 15) is 13.2 Å². The van der Waals surface area contributed by atoms with Crippen molar-refractivity contribution in [2.24, 2.45) is 0 Å². The first-order valence-corrected chi connectivity index (χ1v) is 4.31. The molecule has 0 bridgehead atoms. The first-order chi connectivity index (χ1) is 6.29. The number of hydrogen-bond acceptors (Lipinski definition) is 2. The summed E-state index contributed by atoms with van der Waals surface area (Å²) < 4.78 is 31.7. The quantitative estimate of drug-likeness (QED) is 0.794. The summed E-state index contributed by atoms with van der Waals surface area (Å²) >= 11 is 0. The van der Waals surface area contributed by atoms with Crippen molar-refractivity contribution >= 4 is 5.97 Å². The van der Waals surface area contributed by atoms with Crippen molar-refractivity contribution in [3.8, 4) is 0 Å². The second-order valence-corrected chi connectivity index (χ2v) is 2.42. The minimum Gasteiger partial charge on any atom is -0.475 e. The van der Waals surface area contributed by atoms with Crippen molar-refractivity contribution in [1.29, 1.82) is 0 Å². The lowest BCUT2D eigenvalue weighted by atomic mass is 10.5. The third kappa shape index (κ3) is 13.2. The number of rotatable bonds is 3. The lowest BCUT2D eigenvalue weighted by Gasteiger charge is -2.13. The maximum Gasteiger partial charge on any atom is 0.490 e. The van der Waals surface area contributed by atoms with Crippen molar-refractivity contribution in [3.05, 3.63) is 0 Å². The van der Waals surface area contributed by atoms with E-state index in [0.717, 1.165) is 0 Å². The van der Waals surface area contributed by atoms with Crippen molar-refractivity contribution in [3.63, 3.8) is 0 Å². The average molecular weight is 233 g/mol. The van der Waals surface area contributed by atoms with Crippen LogP contribution in [-0.4, -0.2) is 47.3 Å². The van der Waals surface area contributed by atoms with Crippen LogP contribution in [0.25, 0.3) is 0 Å². The molecule has 0 aromatic heterocycles. The summed E-state index contributed by atoms with van der Waals surface area (Å²) in [5, 5.41) is 7.12. The third-order valence-electron chi connectivity index (χ3n) is 1.58. The Morgan fingerprint density at radius 3 is 1.33 bits per heavy atom. The fourth-order valence-corrected chi connectivity index (χ4v) is 0.671. The first kappa shape index (κ1) is 19.7. The second-order valence-electron chi connectivity index (χ2n) is 2.42. The fraction of sp³-hybridized carbons (Fsp3) is 0.875. The highest BCUT2D eigenvalue weighted by Gasteiger charge is 2.38. The molecule has 0 aromatic carbocycles. The predicted molar refractivity (Wildman–Crippen MR) is 50.8 cm³/mol. The van der Waals surface area contributed by atoms with Crippen LogP contribution in [0.1, 0.15) is 20.8 Å². The summed E-state index contributed by atoms with van der Waals surface area (Å²) in [6, 6.07) is 0. The normalized spacial score (nSPS) is 10.1. The van der Waals surface area contributed by atoms with Crippen LogP contribution in [0.15, 0.2) is 0 Å². The summed E-state index contributed by atoms with van der Waals surface area (Å²) in [5.74, 6) is -2.76. The Morgan fingerprint density at radius 2 is 1.33 bits per heavy atom. The van der Waals surface area contributed by atoms with E-state index in [1.165, 1.54) is 19.6 Å². The number of carbonyl (C=O) groups is 1. The molecule has 4 nitrogen and oxygen atoms in total. The van der Waals surface area contributed by atoms with Crippen LogP contribution >= 0.6 is 0 Å². The second kappa shape index (κ2) is 9.72. The number of aliphatic carboxylic acids is 1. The van der Waals surface area contributed by atoms with Crippen molar-refractivity contribution in [1.82, 2.24) is 4.90 Å². The Labute approximate surface area is 87.0 Å². The average Bonchev–Trinajstić information content (AvgIpc) is 2.07. The van der Waals surface area contributed by atoms with Crippen LogP contribution in [0, 0.1) is 0 Å². The molecule has 0 saturated carbocycles. The molecule has 0 spiro atoms. The number of halogens is 3. The third-order valence-corrected chi connectivity index (χ3v) is 1.58. The molecule has 0 radical (unpaired) electrons. The van der Waals surface area contributed by atoms with E-state index >= 15 is 0 Å². The van der Waals surface area contributed by atoms with Crippen LogP contribution in [0.4, 0.5) is 13.2 Å². The van der Waals surface area contributed by atoms with E-state index in [1.54, 1.807) is 0 Å². The van der Waals surface area contributed by atoms with Crippen LogP contribution in [0.3, 0.4) is 0 Å². The summed E-state index contributed by atoms with van der Waals surface area (Å²) in [4.78, 5) is 11.3. The van der Waals surface area contributed by atoms with Gasteiger partial charge in [-0.15, -0.1) is 0 Å². The van der Waals surface area contributed by atoms with E-state index in [-0.39, 0.29) is 5.48 Å². The van der Waals surface area contributed by atoms with Crippen LogP contribution < -0.4 is 0 Å². The number of hydrogen-bond donors (Lipinski definition) is 1. The molecule has 7 heteroatoms. The molecule has 3 N–H and O–H groups in total. The van der Waals surface area contributed by atoms with Gasteiger partial charge in [0.05, 0.1) is 0 Å². The molecular formula is C8H18F3NO3. The maximum absolute atomic E-state index is 10.6. The van der Waals surface area contributed by atoms with Crippen molar-refractivity contribution in [2.45, 2.75) is 26.9 Å². The van der Waals surface area contributed by atoms with Gasteiger partial charge in [-0.1, -0.05) is 20.8 Å². The monoisotopic (exact) mass is 233 g/mol. The predicted octanol–water partition coefficient (Wildman–Crippen LogP) is 1.16. The smallest absolute Gasteiger partial charge is 0.475 e.